The van der Waals surface area contributed by atoms with E-state index in [9.17, 15) is 13.2 Å². The van der Waals surface area contributed by atoms with E-state index in [-0.39, 0.29) is 6.04 Å². The van der Waals surface area contributed by atoms with Crippen molar-refractivity contribution in [2.75, 3.05) is 13.1 Å². The van der Waals surface area contributed by atoms with E-state index in [4.69, 9.17) is 0 Å². The number of aromatic nitrogens is 4. The molecular weight excluding hydrogens is 283 g/mol. The van der Waals surface area contributed by atoms with Gasteiger partial charge in [0.05, 0.1) is 24.5 Å². The van der Waals surface area contributed by atoms with Gasteiger partial charge in [-0.15, -0.1) is 0 Å². The van der Waals surface area contributed by atoms with Gasteiger partial charge in [-0.3, -0.25) is 4.90 Å². The van der Waals surface area contributed by atoms with Crippen molar-refractivity contribution in [1.82, 2.24) is 24.8 Å². The van der Waals surface area contributed by atoms with Crippen molar-refractivity contribution >= 4 is 0 Å². The lowest BCUT2D eigenvalue weighted by atomic mass is 10.2. The molecule has 8 heteroatoms. The molecule has 1 aliphatic heterocycles. The highest BCUT2D eigenvalue weighted by molar-refractivity contribution is 5.55. The van der Waals surface area contributed by atoms with Crippen LogP contribution in [-0.4, -0.2) is 44.1 Å². The van der Waals surface area contributed by atoms with Crippen LogP contribution in [0.25, 0.3) is 11.3 Å². The van der Waals surface area contributed by atoms with Gasteiger partial charge in [0.15, 0.2) is 0 Å². The molecule has 1 fully saturated rings. The van der Waals surface area contributed by atoms with E-state index in [0.29, 0.717) is 24.5 Å². The van der Waals surface area contributed by atoms with Gasteiger partial charge in [-0.1, -0.05) is 0 Å². The van der Waals surface area contributed by atoms with Crippen molar-refractivity contribution in [2.45, 2.75) is 25.1 Å². The first kappa shape index (κ1) is 14.0. The molecule has 1 aliphatic rings. The third kappa shape index (κ3) is 3.21. The molecule has 1 saturated heterocycles. The molecule has 2 aromatic heterocycles. The van der Waals surface area contributed by atoms with Gasteiger partial charge in [0.1, 0.15) is 12.2 Å². The first-order chi connectivity index (χ1) is 10.0. The van der Waals surface area contributed by atoms with Crippen molar-refractivity contribution in [2.24, 2.45) is 0 Å². The Labute approximate surface area is 119 Å². The fraction of sp³-hybridized carbons (Fsp3) is 0.462. The molecule has 1 atom stereocenters. The van der Waals surface area contributed by atoms with E-state index in [1.807, 2.05) is 0 Å². The van der Waals surface area contributed by atoms with E-state index in [0.717, 1.165) is 12.0 Å². The Morgan fingerprint density at radius 3 is 2.71 bits per heavy atom. The molecule has 3 heterocycles. The first-order valence-corrected chi connectivity index (χ1v) is 6.64. The minimum Gasteiger partial charge on any atom is -0.341 e. The number of nitrogens with zero attached hydrogens (tertiary/aromatic N) is 4. The zero-order chi connectivity index (χ0) is 14.9. The topological polar surface area (TPSA) is 57.7 Å². The van der Waals surface area contributed by atoms with E-state index < -0.39 is 12.7 Å². The summed E-state index contributed by atoms with van der Waals surface area (Å²) in [6, 6.07) is -0.315. The van der Waals surface area contributed by atoms with Crippen LogP contribution in [0.1, 0.15) is 24.7 Å². The lowest BCUT2D eigenvalue weighted by Gasteiger charge is -2.23. The molecule has 0 saturated carbocycles. The van der Waals surface area contributed by atoms with Crippen LogP contribution in [-0.2, 0) is 0 Å². The quantitative estimate of drug-likeness (QED) is 0.946. The van der Waals surface area contributed by atoms with Gasteiger partial charge in [0.2, 0.25) is 0 Å². The van der Waals surface area contributed by atoms with Crippen molar-refractivity contribution < 1.29 is 13.2 Å². The van der Waals surface area contributed by atoms with Gasteiger partial charge < -0.3 is 4.98 Å². The third-order valence-electron chi connectivity index (χ3n) is 3.53. The van der Waals surface area contributed by atoms with Crippen LogP contribution < -0.4 is 0 Å². The monoisotopic (exact) mass is 297 g/mol. The number of halogens is 3. The second kappa shape index (κ2) is 5.44. The maximum Gasteiger partial charge on any atom is 0.401 e. The fourth-order valence-electron chi connectivity index (χ4n) is 2.65. The minimum atomic E-state index is -4.19. The Morgan fingerprint density at radius 2 is 2.00 bits per heavy atom. The molecule has 1 unspecified atom stereocenters. The Bertz CT molecular complexity index is 595. The second-order valence-electron chi connectivity index (χ2n) is 5.05. The average Bonchev–Trinajstić information content (AvgIpc) is 3.06. The number of imidazole rings is 1. The number of likely N-dealkylation sites (tertiary alicyclic amines) is 1. The maximum atomic E-state index is 12.6. The highest BCUT2D eigenvalue weighted by Gasteiger charge is 2.37. The number of hydrogen-bond donors (Lipinski definition) is 1. The lowest BCUT2D eigenvalue weighted by molar-refractivity contribution is -0.148. The summed E-state index contributed by atoms with van der Waals surface area (Å²) in [5, 5.41) is 0. The summed E-state index contributed by atoms with van der Waals surface area (Å²) >= 11 is 0. The van der Waals surface area contributed by atoms with E-state index in [1.165, 1.54) is 11.2 Å². The van der Waals surface area contributed by atoms with Crippen LogP contribution in [0.4, 0.5) is 13.2 Å². The molecule has 1 N–H and O–H groups in total. The van der Waals surface area contributed by atoms with Gasteiger partial charge in [-0.25, -0.2) is 15.0 Å². The fourth-order valence-corrected chi connectivity index (χ4v) is 2.65. The lowest BCUT2D eigenvalue weighted by Crippen LogP contribution is -2.34. The van der Waals surface area contributed by atoms with Gasteiger partial charge in [0.25, 0.3) is 0 Å². The molecule has 0 bridgehead atoms. The number of nitrogens with one attached hydrogen (secondary N) is 1. The number of hydrogen-bond acceptors (Lipinski definition) is 4. The van der Waals surface area contributed by atoms with E-state index >= 15 is 0 Å². The molecule has 0 radical (unpaired) electrons. The van der Waals surface area contributed by atoms with Crippen molar-refractivity contribution in [3.05, 3.63) is 30.7 Å². The Hall–Kier alpha value is -1.96. The molecular formula is C13H14F3N5. The molecule has 21 heavy (non-hydrogen) atoms. The largest absolute Gasteiger partial charge is 0.401 e. The third-order valence-corrected chi connectivity index (χ3v) is 3.53. The number of aromatic amines is 1. The molecule has 112 valence electrons. The molecule has 0 aliphatic carbocycles. The summed E-state index contributed by atoms with van der Waals surface area (Å²) in [5.74, 6) is 0.565. The number of alkyl halides is 3. The van der Waals surface area contributed by atoms with Crippen molar-refractivity contribution in [3.8, 4) is 11.3 Å². The van der Waals surface area contributed by atoms with Crippen molar-refractivity contribution in [3.63, 3.8) is 0 Å². The van der Waals surface area contributed by atoms with Crippen LogP contribution in [0, 0.1) is 0 Å². The molecule has 0 spiro atoms. The normalized spacial score (nSPS) is 20.0. The summed E-state index contributed by atoms with van der Waals surface area (Å²) < 4.78 is 37.7. The number of H-pyrrole nitrogens is 1. The van der Waals surface area contributed by atoms with Crippen LogP contribution in [0.2, 0.25) is 0 Å². The predicted molar refractivity (Wildman–Crippen MR) is 69.2 cm³/mol. The smallest absolute Gasteiger partial charge is 0.341 e. The Kier molecular flexibility index (Phi) is 3.62. The minimum absolute atomic E-state index is 0.315. The predicted octanol–water partition coefficient (Wildman–Crippen LogP) is 2.57. The zero-order valence-corrected chi connectivity index (χ0v) is 11.1. The summed E-state index contributed by atoms with van der Waals surface area (Å²) in [4.78, 5) is 16.6. The van der Waals surface area contributed by atoms with Gasteiger partial charge in [-0.2, -0.15) is 13.2 Å². The van der Waals surface area contributed by atoms with Gasteiger partial charge in [-0.05, 0) is 19.4 Å². The molecule has 2 aromatic rings. The standard InChI is InChI=1S/C13H14F3N5/c14-13(15,16)7-21-3-1-2-11(21)12-19-6-10(20-12)9-4-17-8-18-5-9/h4-6,8,11H,1-3,7H2,(H,19,20). The zero-order valence-electron chi connectivity index (χ0n) is 11.1. The summed E-state index contributed by atoms with van der Waals surface area (Å²) in [6.07, 6.45) is 3.52. The molecule has 3 rings (SSSR count). The van der Waals surface area contributed by atoms with Gasteiger partial charge >= 0.3 is 6.18 Å². The van der Waals surface area contributed by atoms with E-state index in [2.05, 4.69) is 19.9 Å². The van der Waals surface area contributed by atoms with Crippen LogP contribution in [0.5, 0.6) is 0 Å². The summed E-state index contributed by atoms with van der Waals surface area (Å²) in [5.41, 5.74) is 1.47. The van der Waals surface area contributed by atoms with Crippen LogP contribution in [0.15, 0.2) is 24.9 Å². The second-order valence-corrected chi connectivity index (χ2v) is 5.05. The first-order valence-electron chi connectivity index (χ1n) is 6.64. The molecule has 0 amide bonds. The van der Waals surface area contributed by atoms with Crippen LogP contribution in [0.3, 0.4) is 0 Å². The Morgan fingerprint density at radius 1 is 1.24 bits per heavy atom. The summed E-state index contributed by atoms with van der Waals surface area (Å²) in [6.45, 7) is -0.462. The van der Waals surface area contributed by atoms with Crippen LogP contribution >= 0.6 is 0 Å². The number of rotatable bonds is 3. The average molecular weight is 297 g/mol. The molecule has 5 nitrogen and oxygen atoms in total. The SMILES string of the molecule is FC(F)(F)CN1CCCC1c1ncc(-c2cncnc2)[nH]1. The van der Waals surface area contributed by atoms with Crippen molar-refractivity contribution in [1.29, 1.82) is 0 Å². The Balaban J connectivity index is 1.79. The van der Waals surface area contributed by atoms with E-state index in [1.54, 1.807) is 18.6 Å². The maximum absolute atomic E-state index is 12.6. The highest BCUT2D eigenvalue weighted by Crippen LogP contribution is 2.33. The molecule has 0 aromatic carbocycles. The van der Waals surface area contributed by atoms with Gasteiger partial charge in [0, 0.05) is 18.0 Å². The summed E-state index contributed by atoms with van der Waals surface area (Å²) in [7, 11) is 0. The highest BCUT2D eigenvalue weighted by atomic mass is 19.4.